The van der Waals surface area contributed by atoms with Gasteiger partial charge in [0.25, 0.3) is 0 Å². The molecule has 0 radical (unpaired) electrons. The van der Waals surface area contributed by atoms with E-state index < -0.39 is 34.1 Å². The predicted molar refractivity (Wildman–Crippen MR) is 159 cm³/mol. The molecule has 40 heavy (non-hydrogen) atoms. The third-order valence-electron chi connectivity index (χ3n) is 5.97. The monoisotopic (exact) mass is 585 g/mol. The highest BCUT2D eigenvalue weighted by molar-refractivity contribution is 7.92. The maximum atomic E-state index is 13.8. The van der Waals surface area contributed by atoms with Gasteiger partial charge in [-0.3, -0.25) is 13.9 Å². The second-order valence-corrected chi connectivity index (χ2v) is 12.8. The molecule has 0 saturated heterocycles. The highest BCUT2D eigenvalue weighted by Crippen LogP contribution is 2.26. The zero-order valence-electron chi connectivity index (χ0n) is 23.4. The maximum absolute atomic E-state index is 13.8. The number of para-hydroxylation sites is 1. The van der Waals surface area contributed by atoms with Crippen molar-refractivity contribution < 1.29 is 22.7 Å². The lowest BCUT2D eigenvalue weighted by molar-refractivity contribution is -0.141. The van der Waals surface area contributed by atoms with Crippen molar-refractivity contribution in [3.8, 4) is 11.5 Å². The van der Waals surface area contributed by atoms with E-state index in [1.807, 2.05) is 51.1 Å². The molecular weight excluding hydrogens is 550 g/mol. The van der Waals surface area contributed by atoms with Gasteiger partial charge >= 0.3 is 0 Å². The Bertz CT molecular complexity index is 1410. The Labute approximate surface area is 241 Å². The maximum Gasteiger partial charge on any atom is 0.244 e. The van der Waals surface area contributed by atoms with Crippen LogP contribution in [0.2, 0.25) is 5.02 Å². The molecular formula is C30H36ClN3O5S. The Hall–Kier alpha value is -3.56. The number of benzene rings is 3. The molecule has 3 rings (SSSR count). The fourth-order valence-corrected chi connectivity index (χ4v) is 5.15. The molecule has 3 aromatic rings. The summed E-state index contributed by atoms with van der Waals surface area (Å²) in [5.74, 6) is 0.286. The Morgan fingerprint density at radius 1 is 0.925 bits per heavy atom. The molecule has 3 aromatic carbocycles. The molecule has 8 nitrogen and oxygen atoms in total. The first-order valence-corrected chi connectivity index (χ1v) is 15.2. The second-order valence-electron chi connectivity index (χ2n) is 10.5. The van der Waals surface area contributed by atoms with E-state index in [1.54, 1.807) is 55.5 Å². The summed E-state index contributed by atoms with van der Waals surface area (Å²) >= 11 is 6.40. The van der Waals surface area contributed by atoms with Crippen LogP contribution in [-0.4, -0.2) is 49.5 Å². The largest absolute Gasteiger partial charge is 0.457 e. The first-order valence-electron chi connectivity index (χ1n) is 12.9. The number of anilines is 1. The quantitative estimate of drug-likeness (QED) is 0.315. The van der Waals surface area contributed by atoms with Gasteiger partial charge in [0.1, 0.15) is 24.1 Å². The first-order chi connectivity index (χ1) is 18.8. The number of halogens is 1. The molecule has 0 heterocycles. The van der Waals surface area contributed by atoms with E-state index in [0.29, 0.717) is 34.2 Å². The van der Waals surface area contributed by atoms with Crippen molar-refractivity contribution in [1.29, 1.82) is 0 Å². The molecule has 0 aliphatic carbocycles. The molecule has 0 spiro atoms. The van der Waals surface area contributed by atoms with Gasteiger partial charge in [-0.05, 0) is 75.2 Å². The number of carbonyl (C=O) groups excluding carboxylic acids is 2. The standard InChI is InChI=1S/C30H36ClN3O5S/c1-6-27(29(36)32-30(2,3)4)33(20-22-12-10-11-15-26(22)31)28(35)21-34(40(5,37)38)23-16-18-25(19-17-23)39-24-13-8-7-9-14-24/h7-19,27H,6,20-21H2,1-5H3,(H,32,36)/t27-/m1/s1. The SMILES string of the molecule is CC[C@H](C(=O)NC(C)(C)C)N(Cc1ccccc1Cl)C(=O)CN(c1ccc(Oc2ccccc2)cc1)S(C)(=O)=O. The van der Waals surface area contributed by atoms with Gasteiger partial charge in [0, 0.05) is 17.1 Å². The Morgan fingerprint density at radius 2 is 1.50 bits per heavy atom. The van der Waals surface area contributed by atoms with Crippen LogP contribution in [0.4, 0.5) is 5.69 Å². The molecule has 0 aliphatic heterocycles. The minimum Gasteiger partial charge on any atom is -0.457 e. The van der Waals surface area contributed by atoms with E-state index >= 15 is 0 Å². The van der Waals surface area contributed by atoms with Crippen LogP contribution in [-0.2, 0) is 26.2 Å². The van der Waals surface area contributed by atoms with Crippen LogP contribution >= 0.6 is 11.6 Å². The van der Waals surface area contributed by atoms with E-state index in [0.717, 1.165) is 10.6 Å². The molecule has 0 aromatic heterocycles. The molecule has 0 aliphatic rings. The summed E-state index contributed by atoms with van der Waals surface area (Å²) in [4.78, 5) is 28.5. The lowest BCUT2D eigenvalue weighted by Crippen LogP contribution is -2.55. The number of rotatable bonds is 11. The van der Waals surface area contributed by atoms with Crippen LogP contribution in [0, 0.1) is 0 Å². The van der Waals surface area contributed by atoms with E-state index in [9.17, 15) is 18.0 Å². The van der Waals surface area contributed by atoms with E-state index in [-0.39, 0.29) is 12.5 Å². The van der Waals surface area contributed by atoms with Crippen molar-refractivity contribution in [1.82, 2.24) is 10.2 Å². The highest BCUT2D eigenvalue weighted by atomic mass is 35.5. The summed E-state index contributed by atoms with van der Waals surface area (Å²) in [7, 11) is -3.86. The normalized spacial score (nSPS) is 12.3. The van der Waals surface area contributed by atoms with Crippen molar-refractivity contribution in [2.24, 2.45) is 0 Å². The van der Waals surface area contributed by atoms with Gasteiger partial charge in [0.05, 0.1) is 11.9 Å². The summed E-state index contributed by atoms with van der Waals surface area (Å²) in [6.07, 6.45) is 1.36. The van der Waals surface area contributed by atoms with Crippen molar-refractivity contribution in [2.45, 2.75) is 52.2 Å². The summed E-state index contributed by atoms with van der Waals surface area (Å²) in [6.45, 7) is 6.91. The number of carbonyl (C=O) groups is 2. The summed E-state index contributed by atoms with van der Waals surface area (Å²) in [5.41, 5.74) is 0.417. The second kappa shape index (κ2) is 13.2. The number of nitrogens with one attached hydrogen (secondary N) is 1. The van der Waals surface area contributed by atoms with Crippen LogP contribution in [0.15, 0.2) is 78.9 Å². The van der Waals surface area contributed by atoms with Gasteiger partial charge in [-0.15, -0.1) is 0 Å². The van der Waals surface area contributed by atoms with E-state index in [2.05, 4.69) is 5.32 Å². The number of nitrogens with zero attached hydrogens (tertiary/aromatic N) is 2. The molecule has 0 saturated carbocycles. The Balaban J connectivity index is 1.92. The van der Waals surface area contributed by atoms with Gasteiger partial charge < -0.3 is 15.0 Å². The van der Waals surface area contributed by atoms with Gasteiger partial charge in [0.2, 0.25) is 21.8 Å². The molecule has 1 N–H and O–H groups in total. The number of ether oxygens (including phenoxy) is 1. The van der Waals surface area contributed by atoms with Crippen molar-refractivity contribution in [3.05, 3.63) is 89.4 Å². The minimum atomic E-state index is -3.86. The summed E-state index contributed by atoms with van der Waals surface area (Å²) in [5, 5.41) is 3.38. The number of amides is 2. The molecule has 0 fully saturated rings. The Morgan fingerprint density at radius 3 is 2.05 bits per heavy atom. The number of hydrogen-bond donors (Lipinski definition) is 1. The molecule has 214 valence electrons. The fraction of sp³-hybridized carbons (Fsp3) is 0.333. The molecule has 1 atom stereocenters. The third kappa shape index (κ3) is 8.72. The average Bonchev–Trinajstić information content (AvgIpc) is 2.87. The molecule has 0 unspecified atom stereocenters. The zero-order chi connectivity index (χ0) is 29.5. The lowest BCUT2D eigenvalue weighted by Gasteiger charge is -2.34. The van der Waals surface area contributed by atoms with Gasteiger partial charge in [-0.2, -0.15) is 0 Å². The van der Waals surface area contributed by atoms with E-state index in [1.165, 1.54) is 4.90 Å². The molecule has 0 bridgehead atoms. The van der Waals surface area contributed by atoms with E-state index in [4.69, 9.17) is 16.3 Å². The van der Waals surface area contributed by atoms with Gasteiger partial charge in [0.15, 0.2) is 0 Å². The van der Waals surface area contributed by atoms with Crippen molar-refractivity contribution >= 4 is 39.1 Å². The van der Waals surface area contributed by atoms with Crippen molar-refractivity contribution in [3.63, 3.8) is 0 Å². The Kier molecular flexibility index (Phi) is 10.2. The summed E-state index contributed by atoms with van der Waals surface area (Å²) < 4.78 is 32.6. The van der Waals surface area contributed by atoms with Crippen LogP contribution < -0.4 is 14.4 Å². The number of sulfonamides is 1. The van der Waals surface area contributed by atoms with Gasteiger partial charge in [-0.25, -0.2) is 8.42 Å². The average molecular weight is 586 g/mol. The summed E-state index contributed by atoms with van der Waals surface area (Å²) in [6, 6.07) is 21.8. The number of hydrogen-bond acceptors (Lipinski definition) is 5. The third-order valence-corrected chi connectivity index (χ3v) is 7.47. The lowest BCUT2D eigenvalue weighted by atomic mass is 10.1. The first kappa shape index (κ1) is 31.0. The fourth-order valence-electron chi connectivity index (χ4n) is 4.10. The van der Waals surface area contributed by atoms with Crippen molar-refractivity contribution in [2.75, 3.05) is 17.1 Å². The highest BCUT2D eigenvalue weighted by Gasteiger charge is 2.33. The molecule has 10 heteroatoms. The zero-order valence-corrected chi connectivity index (χ0v) is 25.0. The topological polar surface area (TPSA) is 96.0 Å². The smallest absolute Gasteiger partial charge is 0.244 e. The minimum absolute atomic E-state index is 0.0377. The van der Waals surface area contributed by atoms with Gasteiger partial charge in [-0.1, -0.05) is 54.9 Å². The van der Waals surface area contributed by atoms with Crippen LogP contribution in [0.5, 0.6) is 11.5 Å². The molecule has 2 amide bonds. The van der Waals surface area contributed by atoms with Crippen LogP contribution in [0.25, 0.3) is 0 Å². The van der Waals surface area contributed by atoms with Crippen LogP contribution in [0.1, 0.15) is 39.7 Å². The predicted octanol–water partition coefficient (Wildman–Crippen LogP) is 5.62. The van der Waals surface area contributed by atoms with Crippen LogP contribution in [0.3, 0.4) is 0 Å².